The van der Waals surface area contributed by atoms with Crippen molar-refractivity contribution in [2.24, 2.45) is 11.7 Å². The molecule has 1 nitrogen and oxygen atoms in total. The fourth-order valence-corrected chi connectivity index (χ4v) is 2.46. The molecule has 0 amide bonds. The first-order valence-electron chi connectivity index (χ1n) is 5.00. The van der Waals surface area contributed by atoms with Gasteiger partial charge in [-0.3, -0.25) is 0 Å². The van der Waals surface area contributed by atoms with Crippen LogP contribution in [0.5, 0.6) is 0 Å². The third kappa shape index (κ3) is 1.49. The molecule has 1 aliphatic carbocycles. The molecule has 1 aliphatic rings. The number of hydrogen-bond donors (Lipinski definition) is 1. The SMILES string of the molecule is CC1(c2ccccc2)CC(CN)C1. The van der Waals surface area contributed by atoms with E-state index in [0.29, 0.717) is 5.41 Å². The van der Waals surface area contributed by atoms with Gasteiger partial charge in [0.05, 0.1) is 0 Å². The van der Waals surface area contributed by atoms with Crippen molar-refractivity contribution in [1.29, 1.82) is 0 Å². The molecule has 1 saturated carbocycles. The van der Waals surface area contributed by atoms with Gasteiger partial charge in [0, 0.05) is 0 Å². The van der Waals surface area contributed by atoms with Gasteiger partial charge in [0.15, 0.2) is 0 Å². The third-order valence-electron chi connectivity index (χ3n) is 3.28. The van der Waals surface area contributed by atoms with E-state index in [0.717, 1.165) is 12.5 Å². The van der Waals surface area contributed by atoms with E-state index in [1.807, 2.05) is 0 Å². The molecule has 0 heterocycles. The first kappa shape index (κ1) is 8.76. The molecule has 0 aromatic heterocycles. The van der Waals surface area contributed by atoms with Crippen LogP contribution in [0, 0.1) is 5.92 Å². The van der Waals surface area contributed by atoms with Crippen LogP contribution in [0.25, 0.3) is 0 Å². The van der Waals surface area contributed by atoms with Gasteiger partial charge < -0.3 is 5.73 Å². The first-order chi connectivity index (χ1) is 6.24. The lowest BCUT2D eigenvalue weighted by atomic mass is 9.60. The highest BCUT2D eigenvalue weighted by Crippen LogP contribution is 2.46. The van der Waals surface area contributed by atoms with Gasteiger partial charge in [0.25, 0.3) is 0 Å². The van der Waals surface area contributed by atoms with Crippen LogP contribution in [0.2, 0.25) is 0 Å². The Morgan fingerprint density at radius 2 is 1.92 bits per heavy atom. The second-order valence-electron chi connectivity index (χ2n) is 4.44. The van der Waals surface area contributed by atoms with Crippen molar-refractivity contribution in [3.8, 4) is 0 Å². The van der Waals surface area contributed by atoms with Gasteiger partial charge in [-0.25, -0.2) is 0 Å². The Labute approximate surface area is 80.0 Å². The average Bonchev–Trinajstić information content (AvgIpc) is 2.14. The topological polar surface area (TPSA) is 26.0 Å². The van der Waals surface area contributed by atoms with Crippen molar-refractivity contribution < 1.29 is 0 Å². The molecule has 0 bridgehead atoms. The molecule has 1 aromatic carbocycles. The molecule has 0 unspecified atom stereocenters. The molecule has 0 saturated heterocycles. The number of rotatable bonds is 2. The highest BCUT2D eigenvalue weighted by Gasteiger charge is 2.40. The van der Waals surface area contributed by atoms with E-state index in [4.69, 9.17) is 5.73 Å². The lowest BCUT2D eigenvalue weighted by Gasteiger charge is -2.45. The van der Waals surface area contributed by atoms with Crippen molar-refractivity contribution in [1.82, 2.24) is 0 Å². The predicted molar refractivity (Wildman–Crippen MR) is 55.6 cm³/mol. The van der Waals surface area contributed by atoms with Crippen molar-refractivity contribution in [3.05, 3.63) is 35.9 Å². The molecular formula is C12H17N. The van der Waals surface area contributed by atoms with E-state index < -0.39 is 0 Å². The molecule has 1 fully saturated rings. The van der Waals surface area contributed by atoms with Gasteiger partial charge in [0.2, 0.25) is 0 Å². The van der Waals surface area contributed by atoms with Crippen LogP contribution in [0.15, 0.2) is 30.3 Å². The van der Waals surface area contributed by atoms with Gasteiger partial charge in [-0.1, -0.05) is 37.3 Å². The van der Waals surface area contributed by atoms with E-state index >= 15 is 0 Å². The third-order valence-corrected chi connectivity index (χ3v) is 3.28. The number of benzene rings is 1. The fourth-order valence-electron chi connectivity index (χ4n) is 2.46. The standard InChI is InChI=1S/C12H17N/c1-12(7-10(8-12)9-13)11-5-3-2-4-6-11/h2-6,10H,7-9,13H2,1H3. The van der Waals surface area contributed by atoms with Crippen molar-refractivity contribution >= 4 is 0 Å². The molecule has 13 heavy (non-hydrogen) atoms. The zero-order valence-corrected chi connectivity index (χ0v) is 8.16. The normalized spacial score (nSPS) is 32.6. The van der Waals surface area contributed by atoms with Crippen LogP contribution < -0.4 is 5.73 Å². The lowest BCUT2D eigenvalue weighted by Crippen LogP contribution is -2.41. The minimum atomic E-state index is 0.408. The first-order valence-corrected chi connectivity index (χ1v) is 5.00. The van der Waals surface area contributed by atoms with Crippen LogP contribution >= 0.6 is 0 Å². The van der Waals surface area contributed by atoms with Gasteiger partial charge in [-0.15, -0.1) is 0 Å². The molecular weight excluding hydrogens is 158 g/mol. The van der Waals surface area contributed by atoms with E-state index in [2.05, 4.69) is 37.3 Å². The zero-order chi connectivity index (χ0) is 9.31. The minimum absolute atomic E-state index is 0.408. The average molecular weight is 175 g/mol. The molecule has 2 rings (SSSR count). The largest absolute Gasteiger partial charge is 0.330 e. The van der Waals surface area contributed by atoms with Crippen molar-refractivity contribution in [2.75, 3.05) is 6.54 Å². The van der Waals surface area contributed by atoms with E-state index in [1.165, 1.54) is 18.4 Å². The second-order valence-corrected chi connectivity index (χ2v) is 4.44. The second kappa shape index (κ2) is 3.15. The fraction of sp³-hybridized carbons (Fsp3) is 0.500. The summed E-state index contributed by atoms with van der Waals surface area (Å²) in [4.78, 5) is 0. The van der Waals surface area contributed by atoms with Crippen LogP contribution in [0.1, 0.15) is 25.3 Å². The van der Waals surface area contributed by atoms with Crippen LogP contribution in [-0.2, 0) is 5.41 Å². The smallest absolute Gasteiger partial charge is 0.00482 e. The summed E-state index contributed by atoms with van der Waals surface area (Å²) in [6, 6.07) is 10.8. The Kier molecular flexibility index (Phi) is 2.12. The van der Waals surface area contributed by atoms with Crippen molar-refractivity contribution in [3.63, 3.8) is 0 Å². The van der Waals surface area contributed by atoms with Crippen LogP contribution in [-0.4, -0.2) is 6.54 Å². The highest BCUT2D eigenvalue weighted by molar-refractivity contribution is 5.27. The summed E-state index contributed by atoms with van der Waals surface area (Å²) >= 11 is 0. The Morgan fingerprint density at radius 3 is 2.46 bits per heavy atom. The molecule has 0 spiro atoms. The van der Waals surface area contributed by atoms with Gasteiger partial charge >= 0.3 is 0 Å². The Bertz CT molecular complexity index is 272. The maximum Gasteiger partial charge on any atom is -0.00482 e. The Hall–Kier alpha value is -0.820. The van der Waals surface area contributed by atoms with Gasteiger partial charge in [-0.05, 0) is 36.3 Å². The van der Waals surface area contributed by atoms with Crippen LogP contribution in [0.3, 0.4) is 0 Å². The Morgan fingerprint density at radius 1 is 1.31 bits per heavy atom. The molecule has 1 aromatic rings. The van der Waals surface area contributed by atoms with Crippen molar-refractivity contribution in [2.45, 2.75) is 25.2 Å². The predicted octanol–water partition coefficient (Wildman–Crippen LogP) is 2.31. The summed E-state index contributed by atoms with van der Waals surface area (Å²) in [6.45, 7) is 3.19. The molecule has 0 radical (unpaired) electrons. The highest BCUT2D eigenvalue weighted by atomic mass is 14.6. The lowest BCUT2D eigenvalue weighted by molar-refractivity contribution is 0.167. The maximum atomic E-state index is 5.63. The zero-order valence-electron chi connectivity index (χ0n) is 8.16. The monoisotopic (exact) mass is 175 g/mol. The number of hydrogen-bond acceptors (Lipinski definition) is 1. The Balaban J connectivity index is 2.11. The maximum absolute atomic E-state index is 5.63. The summed E-state index contributed by atoms with van der Waals surface area (Å²) < 4.78 is 0. The van der Waals surface area contributed by atoms with E-state index in [-0.39, 0.29) is 0 Å². The summed E-state index contributed by atoms with van der Waals surface area (Å²) in [6.07, 6.45) is 2.51. The molecule has 0 atom stereocenters. The molecule has 1 heteroatoms. The summed E-state index contributed by atoms with van der Waals surface area (Å²) in [5, 5.41) is 0. The van der Waals surface area contributed by atoms with E-state index in [9.17, 15) is 0 Å². The van der Waals surface area contributed by atoms with Crippen LogP contribution in [0.4, 0.5) is 0 Å². The van der Waals surface area contributed by atoms with E-state index in [1.54, 1.807) is 0 Å². The minimum Gasteiger partial charge on any atom is -0.330 e. The van der Waals surface area contributed by atoms with Gasteiger partial charge in [0.1, 0.15) is 0 Å². The molecule has 2 N–H and O–H groups in total. The summed E-state index contributed by atoms with van der Waals surface area (Å²) in [7, 11) is 0. The van der Waals surface area contributed by atoms with Gasteiger partial charge in [-0.2, -0.15) is 0 Å². The molecule has 0 aliphatic heterocycles. The summed E-state index contributed by atoms with van der Waals surface area (Å²) in [5.41, 5.74) is 7.51. The molecule has 70 valence electrons. The summed E-state index contributed by atoms with van der Waals surface area (Å²) in [5.74, 6) is 0.755. The quantitative estimate of drug-likeness (QED) is 0.733. The number of nitrogens with two attached hydrogens (primary N) is 1.